The van der Waals surface area contributed by atoms with E-state index in [1.807, 2.05) is 12.3 Å². The third kappa shape index (κ3) is 4.26. The van der Waals surface area contributed by atoms with Gasteiger partial charge in [-0.15, -0.1) is 23.1 Å². The van der Waals surface area contributed by atoms with Crippen LogP contribution >= 0.6 is 23.1 Å². The molecule has 2 heterocycles. The highest BCUT2D eigenvalue weighted by atomic mass is 32.2. The van der Waals surface area contributed by atoms with Gasteiger partial charge in [0, 0.05) is 28.8 Å². The van der Waals surface area contributed by atoms with Crippen LogP contribution < -0.4 is 11.1 Å². The fourth-order valence-corrected chi connectivity index (χ4v) is 8.19. The first kappa shape index (κ1) is 22.3. The smallest absolute Gasteiger partial charge is 0.251 e. The summed E-state index contributed by atoms with van der Waals surface area (Å²) in [6.45, 7) is 0.569. The maximum absolute atomic E-state index is 13.1. The van der Waals surface area contributed by atoms with E-state index in [9.17, 15) is 18.0 Å². The highest BCUT2D eigenvalue weighted by Gasteiger charge is 2.34. The second kappa shape index (κ2) is 8.93. The van der Waals surface area contributed by atoms with Gasteiger partial charge in [0.1, 0.15) is 5.00 Å². The molecule has 2 amide bonds. The first-order valence-electron chi connectivity index (χ1n) is 10.2. The lowest BCUT2D eigenvalue weighted by molar-refractivity contribution is -0.120. The van der Waals surface area contributed by atoms with Crippen molar-refractivity contribution in [1.82, 2.24) is 4.31 Å². The molecule has 3 N–H and O–H groups in total. The van der Waals surface area contributed by atoms with E-state index >= 15 is 0 Å². The molecule has 4 rings (SSSR count). The fourth-order valence-electron chi connectivity index (χ4n) is 4.30. The van der Waals surface area contributed by atoms with Gasteiger partial charge in [-0.3, -0.25) is 9.59 Å². The van der Waals surface area contributed by atoms with E-state index in [0.717, 1.165) is 29.7 Å². The molecule has 1 aromatic carbocycles. The number of anilines is 1. The van der Waals surface area contributed by atoms with Crippen molar-refractivity contribution >= 4 is 49.9 Å². The number of carbonyl (C=O) groups is 2. The molecular formula is C21H25N3O4S3. The second-order valence-electron chi connectivity index (χ2n) is 7.74. The first-order valence-corrected chi connectivity index (χ1v) is 13.7. The number of benzene rings is 1. The van der Waals surface area contributed by atoms with Gasteiger partial charge in [-0.2, -0.15) is 4.31 Å². The van der Waals surface area contributed by atoms with Gasteiger partial charge in [0.2, 0.25) is 15.9 Å². The van der Waals surface area contributed by atoms with Gasteiger partial charge in [-0.05, 0) is 56.1 Å². The van der Waals surface area contributed by atoms with Gasteiger partial charge < -0.3 is 11.1 Å². The summed E-state index contributed by atoms with van der Waals surface area (Å²) < 4.78 is 27.7. The van der Waals surface area contributed by atoms with E-state index in [0.29, 0.717) is 33.2 Å². The zero-order valence-corrected chi connectivity index (χ0v) is 19.7. The molecule has 0 bridgehead atoms. The molecular weight excluding hydrogens is 454 g/mol. The van der Waals surface area contributed by atoms with Crippen LogP contribution in [0.25, 0.3) is 0 Å². The number of fused-ring (bicyclic) bond motifs is 1. The maximum atomic E-state index is 13.1. The number of primary amides is 1. The number of thioether (sulfide) groups is 1. The lowest BCUT2D eigenvalue weighted by Crippen LogP contribution is -2.41. The summed E-state index contributed by atoms with van der Waals surface area (Å²) in [6, 6.07) is 6.97. The Morgan fingerprint density at radius 3 is 2.58 bits per heavy atom. The van der Waals surface area contributed by atoms with Crippen molar-refractivity contribution in [3.8, 4) is 0 Å². The molecule has 1 saturated heterocycles. The zero-order chi connectivity index (χ0) is 22.2. The minimum atomic E-state index is -3.61. The summed E-state index contributed by atoms with van der Waals surface area (Å²) in [5.41, 5.74) is 6.99. The van der Waals surface area contributed by atoms with Crippen LogP contribution in [0.3, 0.4) is 0 Å². The number of hydrogen-bond donors (Lipinski definition) is 2. The van der Waals surface area contributed by atoms with Crippen molar-refractivity contribution < 1.29 is 18.0 Å². The Balaban J connectivity index is 1.44. The third-order valence-electron chi connectivity index (χ3n) is 5.92. The number of piperidine rings is 1. The molecule has 0 unspecified atom stereocenters. The Bertz CT molecular complexity index is 1120. The SMILES string of the molecule is CSc1ccccc1S(=O)(=O)N1CCC(C(=O)Nc2sc3c(c2C(N)=O)CCC3)CC1. The van der Waals surface area contributed by atoms with Crippen molar-refractivity contribution in [2.24, 2.45) is 11.7 Å². The number of nitrogens with zero attached hydrogens (tertiary/aromatic N) is 1. The molecule has 0 radical (unpaired) electrons. The number of sulfonamides is 1. The largest absolute Gasteiger partial charge is 0.365 e. The second-order valence-corrected chi connectivity index (χ2v) is 11.6. The Kier molecular flexibility index (Phi) is 6.43. The van der Waals surface area contributed by atoms with Crippen molar-refractivity contribution in [2.45, 2.75) is 41.9 Å². The monoisotopic (exact) mass is 479 g/mol. The summed E-state index contributed by atoms with van der Waals surface area (Å²) in [5, 5.41) is 3.44. The van der Waals surface area contributed by atoms with Crippen LogP contribution in [0.15, 0.2) is 34.1 Å². The van der Waals surface area contributed by atoms with Crippen LogP contribution in [-0.4, -0.2) is 43.9 Å². The van der Waals surface area contributed by atoms with E-state index in [1.165, 1.54) is 27.4 Å². The predicted octanol–water partition coefficient (Wildman–Crippen LogP) is 3.10. The van der Waals surface area contributed by atoms with Gasteiger partial charge in [0.15, 0.2) is 0 Å². The summed E-state index contributed by atoms with van der Waals surface area (Å²) in [6.07, 6.45) is 5.44. The van der Waals surface area contributed by atoms with Crippen molar-refractivity contribution in [1.29, 1.82) is 0 Å². The molecule has 1 fully saturated rings. The minimum Gasteiger partial charge on any atom is -0.365 e. The predicted molar refractivity (Wildman–Crippen MR) is 123 cm³/mol. The number of rotatable bonds is 6. The number of aryl methyl sites for hydroxylation is 1. The zero-order valence-electron chi connectivity index (χ0n) is 17.2. The van der Waals surface area contributed by atoms with Crippen LogP contribution in [0, 0.1) is 5.92 Å². The number of hydrogen-bond acceptors (Lipinski definition) is 6. The molecule has 31 heavy (non-hydrogen) atoms. The molecule has 1 aromatic heterocycles. The summed E-state index contributed by atoms with van der Waals surface area (Å²) in [5.74, 6) is -0.994. The normalized spacial score (nSPS) is 17.5. The fraction of sp³-hybridized carbons (Fsp3) is 0.429. The van der Waals surface area contributed by atoms with Gasteiger partial charge in [-0.25, -0.2) is 8.42 Å². The third-order valence-corrected chi connectivity index (χ3v) is 10.0. The lowest BCUT2D eigenvalue weighted by Gasteiger charge is -2.31. The van der Waals surface area contributed by atoms with Crippen molar-refractivity contribution in [2.75, 3.05) is 24.7 Å². The molecule has 166 valence electrons. The first-order chi connectivity index (χ1) is 14.8. The van der Waals surface area contributed by atoms with Crippen molar-refractivity contribution in [3.05, 3.63) is 40.3 Å². The van der Waals surface area contributed by atoms with Crippen LogP contribution in [-0.2, 0) is 27.7 Å². The van der Waals surface area contributed by atoms with Gasteiger partial charge >= 0.3 is 0 Å². The number of nitrogens with two attached hydrogens (primary N) is 1. The molecule has 10 heteroatoms. The Morgan fingerprint density at radius 2 is 1.90 bits per heavy atom. The molecule has 0 atom stereocenters. The van der Waals surface area contributed by atoms with Crippen molar-refractivity contribution in [3.63, 3.8) is 0 Å². The number of carbonyl (C=O) groups excluding carboxylic acids is 2. The Morgan fingerprint density at radius 1 is 1.19 bits per heavy atom. The van der Waals surface area contributed by atoms with E-state index in [1.54, 1.807) is 18.2 Å². The highest BCUT2D eigenvalue weighted by molar-refractivity contribution is 7.99. The number of nitrogens with one attached hydrogen (secondary N) is 1. The van der Waals surface area contributed by atoms with Gasteiger partial charge in [-0.1, -0.05) is 12.1 Å². The molecule has 7 nitrogen and oxygen atoms in total. The lowest BCUT2D eigenvalue weighted by atomic mass is 9.97. The van der Waals surface area contributed by atoms with Crippen LogP contribution in [0.4, 0.5) is 5.00 Å². The van der Waals surface area contributed by atoms with Crippen LogP contribution in [0.5, 0.6) is 0 Å². The van der Waals surface area contributed by atoms with E-state index in [2.05, 4.69) is 5.32 Å². The van der Waals surface area contributed by atoms with Crippen LogP contribution in [0.1, 0.15) is 40.1 Å². The van der Waals surface area contributed by atoms with E-state index < -0.39 is 15.9 Å². The summed E-state index contributed by atoms with van der Waals surface area (Å²) in [4.78, 5) is 27.0. The minimum absolute atomic E-state index is 0.177. The van der Waals surface area contributed by atoms with E-state index in [4.69, 9.17) is 5.73 Å². The van der Waals surface area contributed by atoms with Gasteiger partial charge in [0.05, 0.1) is 10.5 Å². The topological polar surface area (TPSA) is 110 Å². The molecule has 1 aliphatic carbocycles. The molecule has 0 saturated carbocycles. The average molecular weight is 480 g/mol. The summed E-state index contributed by atoms with van der Waals surface area (Å²) in [7, 11) is -3.61. The van der Waals surface area contributed by atoms with Gasteiger partial charge in [0.25, 0.3) is 5.91 Å². The number of amides is 2. The molecule has 1 aliphatic heterocycles. The molecule has 0 spiro atoms. The highest BCUT2D eigenvalue weighted by Crippen LogP contribution is 2.39. The Hall–Kier alpha value is -1.88. The Labute approximate surface area is 190 Å². The van der Waals surface area contributed by atoms with E-state index in [-0.39, 0.29) is 24.9 Å². The molecule has 2 aromatic rings. The molecule has 2 aliphatic rings. The quantitative estimate of drug-likeness (QED) is 0.619. The van der Waals surface area contributed by atoms with Crippen LogP contribution in [0.2, 0.25) is 0 Å². The summed E-state index contributed by atoms with van der Waals surface area (Å²) >= 11 is 2.83. The standard InChI is InChI=1S/C21H25N3O4S3/c1-29-16-6-2-3-8-17(16)31(27,28)24-11-9-13(10-12-24)20(26)23-21-18(19(22)25)14-5-4-7-15(14)30-21/h2-3,6,8,13H,4-5,7,9-12H2,1H3,(H2,22,25)(H,23,26). The number of thiophene rings is 1. The average Bonchev–Trinajstić information content (AvgIpc) is 3.34. The maximum Gasteiger partial charge on any atom is 0.251 e.